The summed E-state index contributed by atoms with van der Waals surface area (Å²) in [5, 5.41) is 20.6. The maximum atomic E-state index is 13.2. The molecule has 1 aromatic carbocycles. The average molecular weight is 298 g/mol. The van der Waals surface area contributed by atoms with Crippen LogP contribution in [0.4, 0.5) is 20.2 Å². The predicted octanol–water partition coefficient (Wildman–Crippen LogP) is 2.74. The smallest absolute Gasteiger partial charge is 0.270 e. The fraction of sp³-hybridized carbons (Fsp3) is 0.571. The van der Waals surface area contributed by atoms with Gasteiger partial charge in [-0.15, -0.1) is 0 Å². The van der Waals surface area contributed by atoms with Crippen molar-refractivity contribution in [2.75, 3.05) is 18.0 Å². The molecule has 7 heteroatoms. The number of fused-ring (bicyclic) bond motifs is 1. The van der Waals surface area contributed by atoms with Crippen LogP contribution in [0.25, 0.3) is 0 Å². The number of aliphatic hydroxyl groups excluding tert-OH is 1. The summed E-state index contributed by atoms with van der Waals surface area (Å²) in [5.74, 6) is 0.437. The number of halogens is 2. The normalized spacial score (nSPS) is 28.2. The third-order valence-electron chi connectivity index (χ3n) is 4.62. The van der Waals surface area contributed by atoms with Gasteiger partial charge in [0.25, 0.3) is 12.1 Å². The van der Waals surface area contributed by atoms with Crippen molar-refractivity contribution in [1.82, 2.24) is 0 Å². The molecule has 1 aliphatic carbocycles. The molecule has 2 fully saturated rings. The molecule has 0 amide bonds. The van der Waals surface area contributed by atoms with Crippen molar-refractivity contribution in [3.63, 3.8) is 0 Å². The number of aliphatic hydroxyl groups is 1. The Morgan fingerprint density at radius 2 is 2.10 bits per heavy atom. The van der Waals surface area contributed by atoms with Crippen LogP contribution in [-0.2, 0) is 0 Å². The van der Waals surface area contributed by atoms with Crippen LogP contribution in [0.15, 0.2) is 18.2 Å². The van der Waals surface area contributed by atoms with Crippen molar-refractivity contribution in [1.29, 1.82) is 0 Å². The second kappa shape index (κ2) is 5.22. The van der Waals surface area contributed by atoms with E-state index in [9.17, 15) is 24.0 Å². The lowest BCUT2D eigenvalue weighted by Gasteiger charge is -2.23. The Labute approximate surface area is 120 Å². The molecule has 21 heavy (non-hydrogen) atoms. The molecule has 1 aromatic rings. The quantitative estimate of drug-likeness (QED) is 0.688. The van der Waals surface area contributed by atoms with Gasteiger partial charge in [0, 0.05) is 42.4 Å². The van der Waals surface area contributed by atoms with Gasteiger partial charge < -0.3 is 10.0 Å². The van der Waals surface area contributed by atoms with E-state index in [1.54, 1.807) is 0 Å². The van der Waals surface area contributed by atoms with Gasteiger partial charge in [0.2, 0.25) is 0 Å². The summed E-state index contributed by atoms with van der Waals surface area (Å²) in [6.07, 6.45) is -1.46. The first-order chi connectivity index (χ1) is 9.97. The lowest BCUT2D eigenvalue weighted by molar-refractivity contribution is -0.385. The molecule has 0 aromatic heterocycles. The van der Waals surface area contributed by atoms with Crippen molar-refractivity contribution in [3.05, 3.63) is 33.9 Å². The number of rotatable bonds is 3. The van der Waals surface area contributed by atoms with Gasteiger partial charge in [-0.3, -0.25) is 10.1 Å². The summed E-state index contributed by atoms with van der Waals surface area (Å²) in [6.45, 7) is 1.16. The molecular formula is C14H16F2N2O3. The van der Waals surface area contributed by atoms with E-state index in [0.717, 1.165) is 18.9 Å². The maximum absolute atomic E-state index is 13.2. The zero-order valence-corrected chi connectivity index (χ0v) is 11.3. The van der Waals surface area contributed by atoms with E-state index in [2.05, 4.69) is 0 Å². The minimum Gasteiger partial charge on any atom is -0.393 e. The van der Waals surface area contributed by atoms with Crippen LogP contribution in [-0.4, -0.2) is 29.2 Å². The molecule has 0 bridgehead atoms. The summed E-state index contributed by atoms with van der Waals surface area (Å²) in [6, 6.07) is 3.60. The second-order valence-corrected chi connectivity index (χ2v) is 5.77. The van der Waals surface area contributed by atoms with Gasteiger partial charge in [0.05, 0.1) is 11.0 Å². The Balaban J connectivity index is 1.90. The topological polar surface area (TPSA) is 66.6 Å². The number of anilines is 1. The molecule has 114 valence electrons. The first-order valence-corrected chi connectivity index (χ1v) is 6.97. The number of alkyl halides is 2. The van der Waals surface area contributed by atoms with Gasteiger partial charge in [0.1, 0.15) is 0 Å². The fourth-order valence-electron chi connectivity index (χ4n) is 3.55. The van der Waals surface area contributed by atoms with E-state index in [1.807, 2.05) is 4.90 Å². The zero-order valence-electron chi connectivity index (χ0n) is 11.3. The Bertz CT molecular complexity index is 567. The molecule has 1 heterocycles. The van der Waals surface area contributed by atoms with Crippen LogP contribution < -0.4 is 4.90 Å². The molecule has 3 atom stereocenters. The summed E-state index contributed by atoms with van der Waals surface area (Å²) in [5.41, 5.74) is -0.288. The van der Waals surface area contributed by atoms with Crippen molar-refractivity contribution >= 4 is 11.4 Å². The van der Waals surface area contributed by atoms with Gasteiger partial charge in [-0.1, -0.05) is 0 Å². The molecule has 1 saturated heterocycles. The number of nitro benzene ring substituents is 1. The summed E-state index contributed by atoms with van der Waals surface area (Å²) < 4.78 is 26.4. The largest absolute Gasteiger partial charge is 0.393 e. The monoisotopic (exact) mass is 298 g/mol. The van der Waals surface area contributed by atoms with E-state index in [-0.39, 0.29) is 23.3 Å². The minimum absolute atomic E-state index is 0.116. The first kappa shape index (κ1) is 14.2. The number of benzene rings is 1. The first-order valence-electron chi connectivity index (χ1n) is 6.97. The number of non-ortho nitro benzene ring substituents is 1. The van der Waals surface area contributed by atoms with E-state index in [4.69, 9.17) is 0 Å². The lowest BCUT2D eigenvalue weighted by atomic mass is 10.00. The highest BCUT2D eigenvalue weighted by Gasteiger charge is 2.42. The maximum Gasteiger partial charge on any atom is 0.270 e. The van der Waals surface area contributed by atoms with Crippen LogP contribution in [0.3, 0.4) is 0 Å². The summed E-state index contributed by atoms with van der Waals surface area (Å²) >= 11 is 0. The number of hydrogen-bond acceptors (Lipinski definition) is 4. The summed E-state index contributed by atoms with van der Waals surface area (Å²) in [4.78, 5) is 11.9. The molecule has 3 rings (SSSR count). The molecule has 1 saturated carbocycles. The molecule has 2 aliphatic rings. The van der Waals surface area contributed by atoms with Crippen LogP contribution in [0.1, 0.15) is 24.8 Å². The molecular weight excluding hydrogens is 282 g/mol. The van der Waals surface area contributed by atoms with Gasteiger partial charge in [0.15, 0.2) is 0 Å². The van der Waals surface area contributed by atoms with Crippen LogP contribution in [0, 0.1) is 22.0 Å². The van der Waals surface area contributed by atoms with E-state index in [0.29, 0.717) is 24.7 Å². The Morgan fingerprint density at radius 1 is 1.33 bits per heavy atom. The second-order valence-electron chi connectivity index (χ2n) is 5.77. The van der Waals surface area contributed by atoms with Gasteiger partial charge in [-0.25, -0.2) is 8.78 Å². The Morgan fingerprint density at radius 3 is 2.71 bits per heavy atom. The third kappa shape index (κ3) is 2.46. The van der Waals surface area contributed by atoms with E-state index in [1.165, 1.54) is 12.1 Å². The predicted molar refractivity (Wildman–Crippen MR) is 72.5 cm³/mol. The van der Waals surface area contributed by atoms with Crippen molar-refractivity contribution < 1.29 is 18.8 Å². The molecule has 3 unspecified atom stereocenters. The highest BCUT2D eigenvalue weighted by Crippen LogP contribution is 2.42. The number of hydrogen-bond donors (Lipinski definition) is 1. The van der Waals surface area contributed by atoms with Gasteiger partial charge in [-0.2, -0.15) is 0 Å². The van der Waals surface area contributed by atoms with Crippen molar-refractivity contribution in [3.8, 4) is 0 Å². The lowest BCUT2D eigenvalue weighted by Crippen LogP contribution is -2.25. The minimum atomic E-state index is -2.76. The highest BCUT2D eigenvalue weighted by atomic mass is 19.3. The van der Waals surface area contributed by atoms with Gasteiger partial charge in [-0.05, 0) is 24.8 Å². The summed E-state index contributed by atoms with van der Waals surface area (Å²) in [7, 11) is 0. The molecule has 5 nitrogen and oxygen atoms in total. The molecule has 1 N–H and O–H groups in total. The van der Waals surface area contributed by atoms with Crippen LogP contribution >= 0.6 is 0 Å². The fourth-order valence-corrected chi connectivity index (χ4v) is 3.55. The standard InChI is InChI=1S/C14H16F2N2O3/c15-14(16)10-5-9(18(20)21)2-3-12(10)17-6-8-1-4-13(19)11(8)7-17/h2-3,5,8,11,13-14,19H,1,4,6-7H2. The third-order valence-corrected chi connectivity index (χ3v) is 4.62. The van der Waals surface area contributed by atoms with Crippen molar-refractivity contribution in [2.24, 2.45) is 11.8 Å². The molecule has 0 spiro atoms. The average Bonchev–Trinajstić information content (AvgIpc) is 3.00. The van der Waals surface area contributed by atoms with Crippen LogP contribution in [0.2, 0.25) is 0 Å². The number of nitro groups is 1. The highest BCUT2D eigenvalue weighted by molar-refractivity contribution is 5.59. The number of nitrogens with zero attached hydrogens (tertiary/aromatic N) is 2. The van der Waals surface area contributed by atoms with Crippen molar-refractivity contribution in [2.45, 2.75) is 25.4 Å². The Kier molecular flexibility index (Phi) is 3.52. The Hall–Kier alpha value is -1.76. The molecule has 1 aliphatic heterocycles. The SMILES string of the molecule is O=[N+]([O-])c1ccc(N2CC3CCC(O)C3C2)c(C(F)F)c1. The molecule has 0 radical (unpaired) electrons. The van der Waals surface area contributed by atoms with Crippen LogP contribution in [0.5, 0.6) is 0 Å². The van der Waals surface area contributed by atoms with Gasteiger partial charge >= 0.3 is 0 Å². The van der Waals surface area contributed by atoms with E-state index < -0.39 is 11.3 Å². The van der Waals surface area contributed by atoms with E-state index >= 15 is 0 Å². The zero-order chi connectivity index (χ0) is 15.1.